The average Bonchev–Trinajstić information content (AvgIpc) is 3.48. The Kier molecular flexibility index (Phi) is 9.39. The number of hydrogen-bond donors (Lipinski definition) is 3. The molecule has 3 heterocycles. The fourth-order valence-electron chi connectivity index (χ4n) is 5.28. The van der Waals surface area contributed by atoms with Crippen molar-refractivity contribution in [3.63, 3.8) is 0 Å². The number of hydrogen-bond acceptors (Lipinski definition) is 8. The lowest BCUT2D eigenvalue weighted by atomic mass is 10.0. The van der Waals surface area contributed by atoms with Crippen molar-refractivity contribution in [3.8, 4) is 0 Å². The summed E-state index contributed by atoms with van der Waals surface area (Å²) < 4.78 is 13.5. The Hall–Kier alpha value is -3.25. The first-order chi connectivity index (χ1) is 18.6. The molecule has 39 heavy (non-hydrogen) atoms. The highest BCUT2D eigenvalue weighted by atomic mass is 16.6. The lowest BCUT2D eigenvalue weighted by molar-refractivity contribution is -0.126. The van der Waals surface area contributed by atoms with Crippen LogP contribution in [0.3, 0.4) is 0 Å². The zero-order chi connectivity index (χ0) is 28.0. The van der Waals surface area contributed by atoms with Gasteiger partial charge in [-0.25, -0.2) is 4.79 Å². The molecule has 1 aliphatic carbocycles. The predicted molar refractivity (Wildman–Crippen MR) is 143 cm³/mol. The Morgan fingerprint density at radius 2 is 1.85 bits per heavy atom. The molecule has 0 spiro atoms. The number of rotatable bonds is 10. The van der Waals surface area contributed by atoms with Crippen molar-refractivity contribution in [2.24, 2.45) is 17.4 Å². The molecule has 2 fully saturated rings. The summed E-state index contributed by atoms with van der Waals surface area (Å²) in [7, 11) is 0. The van der Waals surface area contributed by atoms with E-state index in [1.165, 1.54) is 30.6 Å². The van der Waals surface area contributed by atoms with Crippen LogP contribution in [0.2, 0.25) is 0 Å². The molecular formula is C27H41N7O5. The van der Waals surface area contributed by atoms with Crippen molar-refractivity contribution in [1.82, 2.24) is 24.8 Å². The highest BCUT2D eigenvalue weighted by Crippen LogP contribution is 2.24. The molecule has 2 aromatic heterocycles. The number of fused-ring (bicyclic) bond motifs is 1. The summed E-state index contributed by atoms with van der Waals surface area (Å²) in [4.78, 5) is 38.7. The molecule has 0 aromatic carbocycles. The quantitative estimate of drug-likeness (QED) is 0.383. The molecule has 2 aromatic rings. The van der Waals surface area contributed by atoms with Gasteiger partial charge in [0.15, 0.2) is 11.5 Å². The first-order valence-electron chi connectivity index (χ1n) is 13.9. The molecule has 3 amide bonds. The van der Waals surface area contributed by atoms with E-state index in [9.17, 15) is 14.4 Å². The van der Waals surface area contributed by atoms with Gasteiger partial charge in [0.05, 0.1) is 17.8 Å². The van der Waals surface area contributed by atoms with Crippen LogP contribution in [0, 0.1) is 5.92 Å². The summed E-state index contributed by atoms with van der Waals surface area (Å²) >= 11 is 0. The molecule has 1 saturated heterocycles. The third-order valence-electron chi connectivity index (χ3n) is 7.51. The summed E-state index contributed by atoms with van der Waals surface area (Å²) in [5.41, 5.74) is 11.5. The molecule has 214 valence electrons. The fraction of sp³-hybridized carbons (Fsp3) is 0.667. The minimum atomic E-state index is -1.11. The Morgan fingerprint density at radius 1 is 1.10 bits per heavy atom. The van der Waals surface area contributed by atoms with Gasteiger partial charge in [0.25, 0.3) is 0 Å². The second kappa shape index (κ2) is 12.7. The van der Waals surface area contributed by atoms with Gasteiger partial charge in [-0.3, -0.25) is 18.9 Å². The normalized spacial score (nSPS) is 19.6. The van der Waals surface area contributed by atoms with Crippen molar-refractivity contribution < 1.29 is 23.9 Å². The SMILES string of the molecule is CC(C)(N)C(=O)N[C@H](COCC1CCCCCC1)c1nnc2cccc(COC(=O)N3CCC[C@@H]3C(N)=O)n12. The van der Waals surface area contributed by atoms with E-state index in [0.717, 1.165) is 12.8 Å². The highest BCUT2D eigenvalue weighted by Gasteiger charge is 2.34. The first kappa shape index (κ1) is 28.8. The van der Waals surface area contributed by atoms with Crippen LogP contribution in [0.15, 0.2) is 18.2 Å². The van der Waals surface area contributed by atoms with Crippen LogP contribution >= 0.6 is 0 Å². The number of carbonyl (C=O) groups is 3. The van der Waals surface area contributed by atoms with E-state index in [2.05, 4.69) is 15.5 Å². The van der Waals surface area contributed by atoms with Gasteiger partial charge in [0.1, 0.15) is 18.7 Å². The van der Waals surface area contributed by atoms with Crippen LogP contribution in [0.5, 0.6) is 0 Å². The zero-order valence-corrected chi connectivity index (χ0v) is 22.9. The van der Waals surface area contributed by atoms with Gasteiger partial charge in [-0.05, 0) is 57.6 Å². The Balaban J connectivity index is 1.52. The number of pyridine rings is 1. The summed E-state index contributed by atoms with van der Waals surface area (Å²) in [6.45, 7) is 4.40. The predicted octanol–water partition coefficient (Wildman–Crippen LogP) is 2.20. The number of likely N-dealkylation sites (tertiary alicyclic amines) is 1. The van der Waals surface area contributed by atoms with Gasteiger partial charge in [0.2, 0.25) is 11.8 Å². The Morgan fingerprint density at radius 3 is 2.54 bits per heavy atom. The molecule has 1 aliphatic heterocycles. The number of nitrogens with one attached hydrogen (secondary N) is 1. The average molecular weight is 544 g/mol. The number of aromatic nitrogens is 3. The molecule has 12 heteroatoms. The molecule has 12 nitrogen and oxygen atoms in total. The molecule has 0 bridgehead atoms. The van der Waals surface area contributed by atoms with Crippen molar-refractivity contribution in [3.05, 3.63) is 29.7 Å². The van der Waals surface area contributed by atoms with Crippen molar-refractivity contribution >= 4 is 23.6 Å². The zero-order valence-electron chi connectivity index (χ0n) is 22.9. The molecule has 2 aliphatic rings. The van der Waals surface area contributed by atoms with Crippen LogP contribution in [-0.4, -0.2) is 68.7 Å². The van der Waals surface area contributed by atoms with E-state index < -0.39 is 29.6 Å². The largest absolute Gasteiger partial charge is 0.443 e. The summed E-state index contributed by atoms with van der Waals surface area (Å²) in [6, 6.07) is 4.07. The Labute approximate surface area is 228 Å². The lowest BCUT2D eigenvalue weighted by Crippen LogP contribution is -2.51. The number of ether oxygens (including phenoxy) is 2. The van der Waals surface area contributed by atoms with Crippen molar-refractivity contribution in [2.75, 3.05) is 19.8 Å². The number of nitrogens with two attached hydrogens (primary N) is 2. The molecule has 5 N–H and O–H groups in total. The Bertz CT molecular complexity index is 1150. The van der Waals surface area contributed by atoms with Crippen LogP contribution in [0.25, 0.3) is 5.65 Å². The second-order valence-electron chi connectivity index (χ2n) is 11.2. The first-order valence-corrected chi connectivity index (χ1v) is 13.9. The third-order valence-corrected chi connectivity index (χ3v) is 7.51. The molecule has 2 atom stereocenters. The highest BCUT2D eigenvalue weighted by molar-refractivity contribution is 5.85. The van der Waals surface area contributed by atoms with E-state index in [1.54, 1.807) is 36.4 Å². The smallest absolute Gasteiger partial charge is 0.410 e. The molecular weight excluding hydrogens is 502 g/mol. The van der Waals surface area contributed by atoms with E-state index in [4.69, 9.17) is 20.9 Å². The molecule has 0 radical (unpaired) electrons. The number of amides is 3. The van der Waals surface area contributed by atoms with E-state index in [-0.39, 0.29) is 19.1 Å². The molecule has 0 unspecified atom stereocenters. The molecule has 1 saturated carbocycles. The van der Waals surface area contributed by atoms with Crippen LogP contribution in [-0.2, 0) is 25.7 Å². The van der Waals surface area contributed by atoms with Crippen LogP contribution in [0.1, 0.15) is 82.8 Å². The maximum atomic E-state index is 12.9. The van der Waals surface area contributed by atoms with E-state index >= 15 is 0 Å². The van der Waals surface area contributed by atoms with Gasteiger partial charge in [-0.15, -0.1) is 10.2 Å². The number of nitrogens with zero attached hydrogens (tertiary/aromatic N) is 4. The number of primary amides is 1. The van der Waals surface area contributed by atoms with E-state index in [0.29, 0.717) is 49.1 Å². The van der Waals surface area contributed by atoms with Crippen LogP contribution in [0.4, 0.5) is 4.79 Å². The van der Waals surface area contributed by atoms with Crippen molar-refractivity contribution in [1.29, 1.82) is 0 Å². The van der Waals surface area contributed by atoms with Gasteiger partial charge >= 0.3 is 6.09 Å². The molecule has 4 rings (SSSR count). The topological polar surface area (TPSA) is 167 Å². The van der Waals surface area contributed by atoms with Gasteiger partial charge in [-0.2, -0.15) is 0 Å². The van der Waals surface area contributed by atoms with E-state index in [1.807, 2.05) is 0 Å². The maximum Gasteiger partial charge on any atom is 0.410 e. The maximum absolute atomic E-state index is 12.9. The summed E-state index contributed by atoms with van der Waals surface area (Å²) in [5, 5.41) is 11.6. The lowest BCUT2D eigenvalue weighted by Gasteiger charge is -2.25. The number of carbonyl (C=O) groups excluding carboxylic acids is 3. The van der Waals surface area contributed by atoms with Crippen molar-refractivity contribution in [2.45, 2.75) is 89.4 Å². The fourth-order valence-corrected chi connectivity index (χ4v) is 5.28. The standard InChI is InChI=1S/C27H41N7O5/c1-27(2,29)25(36)30-20(17-38-15-18-9-5-3-4-6-10-18)24-32-31-22-13-7-11-19(34(22)24)16-39-26(37)33-14-8-12-21(33)23(28)35/h7,11,13,18,20-21H,3-6,8-10,12,14-17,29H2,1-2H3,(H2,28,35)(H,30,36)/t20-,21-/m1/s1. The van der Waals surface area contributed by atoms with Gasteiger partial charge < -0.3 is 26.3 Å². The van der Waals surface area contributed by atoms with Crippen LogP contribution < -0.4 is 16.8 Å². The minimum absolute atomic E-state index is 0.0881. The monoisotopic (exact) mass is 543 g/mol. The van der Waals surface area contributed by atoms with Gasteiger partial charge in [-0.1, -0.05) is 31.7 Å². The minimum Gasteiger partial charge on any atom is -0.443 e. The van der Waals surface area contributed by atoms with Gasteiger partial charge in [0, 0.05) is 13.2 Å². The second-order valence-corrected chi connectivity index (χ2v) is 11.2. The summed E-state index contributed by atoms with van der Waals surface area (Å²) in [6.07, 6.45) is 7.84. The summed E-state index contributed by atoms with van der Waals surface area (Å²) in [5.74, 6) is 0.0525. The third kappa shape index (κ3) is 7.24.